The SMILES string of the molecule is O=C(NC1CCS(=O)(=O)C1)C(NC(=O)c1ccccc1)=C(Cl)c1ccccc1. The van der Waals surface area contributed by atoms with Crippen LogP contribution >= 0.6 is 11.6 Å². The first-order chi connectivity index (χ1) is 13.4. The Morgan fingerprint density at radius 2 is 1.50 bits per heavy atom. The Hall–Kier alpha value is -2.64. The summed E-state index contributed by atoms with van der Waals surface area (Å²) in [7, 11) is -3.16. The molecule has 3 rings (SSSR count). The van der Waals surface area contributed by atoms with Gasteiger partial charge in [-0.3, -0.25) is 9.59 Å². The monoisotopic (exact) mass is 418 g/mol. The molecule has 0 saturated carbocycles. The number of carbonyl (C=O) groups is 2. The first-order valence-corrected chi connectivity index (χ1v) is 10.9. The molecule has 0 spiro atoms. The Kier molecular flexibility index (Phi) is 6.16. The number of benzene rings is 2. The van der Waals surface area contributed by atoms with Gasteiger partial charge in [-0.15, -0.1) is 0 Å². The molecule has 146 valence electrons. The fourth-order valence-corrected chi connectivity index (χ4v) is 4.81. The van der Waals surface area contributed by atoms with Gasteiger partial charge in [0.2, 0.25) is 0 Å². The molecule has 2 amide bonds. The Balaban J connectivity index is 1.88. The summed E-state index contributed by atoms with van der Waals surface area (Å²) in [5.74, 6) is -1.21. The summed E-state index contributed by atoms with van der Waals surface area (Å²) >= 11 is 6.43. The van der Waals surface area contributed by atoms with Crippen molar-refractivity contribution in [1.29, 1.82) is 0 Å². The van der Waals surface area contributed by atoms with Crippen molar-refractivity contribution in [3.63, 3.8) is 0 Å². The molecule has 0 bridgehead atoms. The van der Waals surface area contributed by atoms with Gasteiger partial charge >= 0.3 is 0 Å². The molecule has 1 fully saturated rings. The lowest BCUT2D eigenvalue weighted by Gasteiger charge is -2.16. The highest BCUT2D eigenvalue weighted by Gasteiger charge is 2.30. The van der Waals surface area contributed by atoms with Crippen LogP contribution < -0.4 is 10.6 Å². The summed E-state index contributed by atoms with van der Waals surface area (Å²) in [6.07, 6.45) is 0.330. The summed E-state index contributed by atoms with van der Waals surface area (Å²) in [5.41, 5.74) is 0.807. The third-order valence-electron chi connectivity index (χ3n) is 4.32. The summed E-state index contributed by atoms with van der Waals surface area (Å²) in [6.45, 7) is 0. The first kappa shape index (κ1) is 20.1. The minimum absolute atomic E-state index is 0.0276. The van der Waals surface area contributed by atoms with Crippen molar-refractivity contribution in [3.05, 3.63) is 77.5 Å². The van der Waals surface area contributed by atoms with Gasteiger partial charge in [-0.2, -0.15) is 0 Å². The zero-order chi connectivity index (χ0) is 20.1. The van der Waals surface area contributed by atoms with Gasteiger partial charge in [0.25, 0.3) is 11.8 Å². The van der Waals surface area contributed by atoms with Gasteiger partial charge in [0, 0.05) is 11.6 Å². The maximum atomic E-state index is 12.8. The van der Waals surface area contributed by atoms with E-state index >= 15 is 0 Å². The van der Waals surface area contributed by atoms with E-state index in [1.165, 1.54) is 0 Å². The number of nitrogens with one attached hydrogen (secondary N) is 2. The molecule has 1 saturated heterocycles. The van der Waals surface area contributed by atoms with Gasteiger partial charge in [-0.05, 0) is 24.1 Å². The molecular weight excluding hydrogens is 400 g/mol. The molecule has 2 N–H and O–H groups in total. The van der Waals surface area contributed by atoms with Gasteiger partial charge < -0.3 is 10.6 Å². The zero-order valence-electron chi connectivity index (χ0n) is 14.9. The Morgan fingerprint density at radius 1 is 0.929 bits per heavy atom. The summed E-state index contributed by atoms with van der Waals surface area (Å²) in [6, 6.07) is 16.7. The van der Waals surface area contributed by atoms with Gasteiger partial charge in [0.15, 0.2) is 9.84 Å². The maximum absolute atomic E-state index is 12.8. The maximum Gasteiger partial charge on any atom is 0.269 e. The van der Waals surface area contributed by atoms with Crippen LogP contribution in [0.1, 0.15) is 22.3 Å². The van der Waals surface area contributed by atoms with Crippen molar-refractivity contribution in [2.45, 2.75) is 12.5 Å². The van der Waals surface area contributed by atoms with Gasteiger partial charge in [0.1, 0.15) is 5.70 Å². The molecule has 1 heterocycles. The highest BCUT2D eigenvalue weighted by atomic mass is 35.5. The van der Waals surface area contributed by atoms with Crippen LogP contribution in [0.3, 0.4) is 0 Å². The van der Waals surface area contributed by atoms with E-state index in [0.29, 0.717) is 17.5 Å². The summed E-state index contributed by atoms with van der Waals surface area (Å²) in [4.78, 5) is 25.4. The molecule has 28 heavy (non-hydrogen) atoms. The van der Waals surface area contributed by atoms with E-state index in [1.54, 1.807) is 60.7 Å². The van der Waals surface area contributed by atoms with Crippen LogP contribution in [0.25, 0.3) is 5.03 Å². The van der Waals surface area contributed by atoms with Crippen LogP contribution in [0.2, 0.25) is 0 Å². The number of amides is 2. The number of hydrogen-bond donors (Lipinski definition) is 2. The third-order valence-corrected chi connectivity index (χ3v) is 6.49. The highest BCUT2D eigenvalue weighted by Crippen LogP contribution is 2.23. The van der Waals surface area contributed by atoms with Crippen LogP contribution in [-0.4, -0.2) is 37.8 Å². The predicted molar refractivity (Wildman–Crippen MR) is 108 cm³/mol. The normalized spacial score (nSPS) is 18.8. The minimum atomic E-state index is -3.16. The van der Waals surface area contributed by atoms with E-state index in [4.69, 9.17) is 11.6 Å². The van der Waals surface area contributed by atoms with Gasteiger partial charge in [-0.1, -0.05) is 60.1 Å². The average Bonchev–Trinajstić information content (AvgIpc) is 3.04. The second-order valence-corrected chi connectivity index (χ2v) is 9.06. The number of hydrogen-bond acceptors (Lipinski definition) is 4. The van der Waals surface area contributed by atoms with E-state index in [1.807, 2.05) is 0 Å². The molecule has 1 atom stereocenters. The lowest BCUT2D eigenvalue weighted by molar-refractivity contribution is -0.118. The van der Waals surface area contributed by atoms with Crippen molar-refractivity contribution in [3.8, 4) is 0 Å². The van der Waals surface area contributed by atoms with E-state index in [9.17, 15) is 18.0 Å². The third kappa shape index (κ3) is 4.99. The average molecular weight is 419 g/mol. The van der Waals surface area contributed by atoms with Crippen molar-refractivity contribution < 1.29 is 18.0 Å². The molecule has 0 aromatic heterocycles. The van der Waals surface area contributed by atoms with Crippen LogP contribution in [-0.2, 0) is 14.6 Å². The quantitative estimate of drug-likeness (QED) is 0.729. The largest absolute Gasteiger partial charge is 0.347 e. The predicted octanol–water partition coefficient (Wildman–Crippen LogP) is 2.33. The van der Waals surface area contributed by atoms with Crippen LogP contribution in [0.5, 0.6) is 0 Å². The number of rotatable bonds is 5. The summed E-state index contributed by atoms with van der Waals surface area (Å²) in [5, 5.41) is 5.31. The van der Waals surface area contributed by atoms with E-state index in [2.05, 4.69) is 10.6 Å². The van der Waals surface area contributed by atoms with Crippen LogP contribution in [0.15, 0.2) is 66.4 Å². The molecule has 2 aromatic carbocycles. The molecule has 1 aliphatic rings. The molecule has 0 radical (unpaired) electrons. The van der Waals surface area contributed by atoms with E-state index in [0.717, 1.165) is 0 Å². The molecule has 1 aliphatic heterocycles. The molecule has 0 aliphatic carbocycles. The standard InChI is InChI=1S/C20H19ClN2O4S/c21-17(14-7-3-1-4-8-14)18(23-19(24)15-9-5-2-6-10-15)20(25)22-16-11-12-28(26,27)13-16/h1-10,16H,11-13H2,(H,22,25)(H,23,24). The minimum Gasteiger partial charge on any atom is -0.347 e. The van der Waals surface area contributed by atoms with Crippen molar-refractivity contribution in [2.75, 3.05) is 11.5 Å². The van der Waals surface area contributed by atoms with Gasteiger partial charge in [0.05, 0.1) is 16.5 Å². The van der Waals surface area contributed by atoms with E-state index in [-0.39, 0.29) is 22.2 Å². The molecular formula is C20H19ClN2O4S. The second kappa shape index (κ2) is 8.58. The Bertz CT molecular complexity index is 1010. The van der Waals surface area contributed by atoms with Gasteiger partial charge in [-0.25, -0.2) is 8.42 Å². The molecule has 1 unspecified atom stereocenters. The fourth-order valence-electron chi connectivity index (χ4n) is 2.88. The molecule has 8 heteroatoms. The van der Waals surface area contributed by atoms with Crippen LogP contribution in [0.4, 0.5) is 0 Å². The number of halogens is 1. The Morgan fingerprint density at radius 3 is 2.04 bits per heavy atom. The topological polar surface area (TPSA) is 92.3 Å². The first-order valence-electron chi connectivity index (χ1n) is 8.68. The van der Waals surface area contributed by atoms with Crippen LogP contribution in [0, 0.1) is 0 Å². The second-order valence-electron chi connectivity index (χ2n) is 6.45. The number of sulfone groups is 1. The highest BCUT2D eigenvalue weighted by molar-refractivity contribution is 7.91. The number of carbonyl (C=O) groups excluding carboxylic acids is 2. The van der Waals surface area contributed by atoms with E-state index < -0.39 is 27.7 Å². The smallest absolute Gasteiger partial charge is 0.269 e. The summed E-state index contributed by atoms with van der Waals surface area (Å²) < 4.78 is 23.3. The van der Waals surface area contributed by atoms with Crippen molar-refractivity contribution in [1.82, 2.24) is 10.6 Å². The van der Waals surface area contributed by atoms with Crippen molar-refractivity contribution in [2.24, 2.45) is 0 Å². The zero-order valence-corrected chi connectivity index (χ0v) is 16.5. The lowest BCUT2D eigenvalue weighted by Crippen LogP contribution is -2.41. The lowest BCUT2D eigenvalue weighted by atomic mass is 10.1. The molecule has 2 aromatic rings. The Labute approximate surface area is 168 Å². The fraction of sp³-hybridized carbons (Fsp3) is 0.200. The van der Waals surface area contributed by atoms with Crippen molar-refractivity contribution >= 4 is 38.3 Å². The molecule has 6 nitrogen and oxygen atoms in total.